The second kappa shape index (κ2) is 6.80. The second-order valence-corrected chi connectivity index (χ2v) is 6.05. The van der Waals surface area contributed by atoms with Crippen molar-refractivity contribution in [1.29, 1.82) is 0 Å². The molecule has 9 heteroatoms. The molecule has 0 saturated carbocycles. The molecule has 3 rings (SSSR count). The Hall–Kier alpha value is -3.10. The molecule has 0 aliphatic rings. The lowest BCUT2D eigenvalue weighted by atomic mass is 10.3. The van der Waals surface area contributed by atoms with Gasteiger partial charge in [0.15, 0.2) is 11.2 Å². The van der Waals surface area contributed by atoms with Gasteiger partial charge in [0.25, 0.3) is 5.56 Å². The molecule has 0 fully saturated rings. The van der Waals surface area contributed by atoms with Crippen LogP contribution in [0.5, 0.6) is 0 Å². The lowest BCUT2D eigenvalue weighted by molar-refractivity contribution is 0.656. The minimum atomic E-state index is -0.482. The molecule has 0 amide bonds. The van der Waals surface area contributed by atoms with E-state index in [4.69, 9.17) is 0 Å². The summed E-state index contributed by atoms with van der Waals surface area (Å²) in [6, 6.07) is 0. The summed E-state index contributed by atoms with van der Waals surface area (Å²) in [6.07, 6.45) is 6.28. The molecule has 0 radical (unpaired) electrons. The zero-order valence-corrected chi connectivity index (χ0v) is 14.3. The first-order valence-electron chi connectivity index (χ1n) is 8.01. The van der Waals surface area contributed by atoms with Crippen LogP contribution in [0.2, 0.25) is 0 Å². The maximum absolute atomic E-state index is 12.3. The van der Waals surface area contributed by atoms with Crippen molar-refractivity contribution in [2.24, 2.45) is 7.05 Å². The molecule has 9 nitrogen and oxygen atoms in total. The van der Waals surface area contributed by atoms with Gasteiger partial charge in [-0.15, -0.1) is 0 Å². The van der Waals surface area contributed by atoms with Crippen LogP contribution in [0.25, 0.3) is 11.2 Å². The number of aryl methyl sites for hydroxylation is 2. The number of aromatic amines is 1. The molecule has 0 aliphatic carbocycles. The maximum Gasteiger partial charge on any atom is 0.329 e. The standard InChI is InChI=1S/C16H21N7O2/c1-11(2)9-23-12-13(21(3)16(25)20-14(12)24)19-15(23)18-5-4-7-22-8-6-17-10-22/h6,8,10H,1,4-5,7,9H2,2-3H3,(H,18,19)(H,20,24,25). The Morgan fingerprint density at radius 3 is 2.88 bits per heavy atom. The average Bonchev–Trinajstić information content (AvgIpc) is 3.17. The lowest BCUT2D eigenvalue weighted by Crippen LogP contribution is -2.29. The van der Waals surface area contributed by atoms with Crippen LogP contribution in [-0.4, -0.2) is 35.2 Å². The van der Waals surface area contributed by atoms with E-state index in [1.54, 1.807) is 24.1 Å². The topological polar surface area (TPSA) is 103 Å². The van der Waals surface area contributed by atoms with Gasteiger partial charge in [-0.05, 0) is 13.3 Å². The molecule has 0 bridgehead atoms. The maximum atomic E-state index is 12.3. The first-order chi connectivity index (χ1) is 12.0. The molecule has 3 aromatic rings. The number of nitrogens with zero attached hydrogens (tertiary/aromatic N) is 5. The molecule has 0 aliphatic heterocycles. The summed E-state index contributed by atoms with van der Waals surface area (Å²) in [5.41, 5.74) is 0.672. The van der Waals surface area contributed by atoms with Gasteiger partial charge >= 0.3 is 5.69 Å². The van der Waals surface area contributed by atoms with E-state index in [1.807, 2.05) is 17.7 Å². The number of allylic oxidation sites excluding steroid dienone is 1. The van der Waals surface area contributed by atoms with Gasteiger partial charge in [0.2, 0.25) is 5.95 Å². The Bertz CT molecular complexity index is 1010. The number of hydrogen-bond donors (Lipinski definition) is 2. The third kappa shape index (κ3) is 3.39. The van der Waals surface area contributed by atoms with Crippen molar-refractivity contribution < 1.29 is 0 Å². The third-order valence-corrected chi connectivity index (χ3v) is 3.87. The summed E-state index contributed by atoms with van der Waals surface area (Å²) < 4.78 is 5.09. The van der Waals surface area contributed by atoms with Gasteiger partial charge in [-0.25, -0.2) is 9.78 Å². The van der Waals surface area contributed by atoms with Crippen molar-refractivity contribution in [3.8, 4) is 0 Å². The molecule has 25 heavy (non-hydrogen) atoms. The van der Waals surface area contributed by atoms with Gasteiger partial charge in [0.05, 0.1) is 6.33 Å². The fourth-order valence-corrected chi connectivity index (χ4v) is 2.67. The zero-order valence-electron chi connectivity index (χ0n) is 14.3. The van der Waals surface area contributed by atoms with Crippen molar-refractivity contribution in [3.63, 3.8) is 0 Å². The van der Waals surface area contributed by atoms with E-state index in [9.17, 15) is 9.59 Å². The summed E-state index contributed by atoms with van der Waals surface area (Å²) in [5.74, 6) is 0.551. The van der Waals surface area contributed by atoms with E-state index >= 15 is 0 Å². The highest BCUT2D eigenvalue weighted by atomic mass is 16.2. The highest BCUT2D eigenvalue weighted by molar-refractivity contribution is 5.74. The normalized spacial score (nSPS) is 11.1. The highest BCUT2D eigenvalue weighted by Gasteiger charge is 2.16. The van der Waals surface area contributed by atoms with Crippen molar-refractivity contribution in [2.75, 3.05) is 11.9 Å². The number of imidazole rings is 2. The second-order valence-electron chi connectivity index (χ2n) is 6.05. The SMILES string of the molecule is C=C(C)Cn1c(NCCCn2ccnc2)nc2c1c(=O)[nH]c(=O)n2C. The Morgan fingerprint density at radius 1 is 1.40 bits per heavy atom. The molecular formula is C16H21N7O2. The minimum absolute atomic E-state index is 0.354. The van der Waals surface area contributed by atoms with E-state index in [2.05, 4.69) is 26.8 Å². The van der Waals surface area contributed by atoms with Gasteiger partial charge in [0, 0.05) is 39.1 Å². The molecule has 132 valence electrons. The van der Waals surface area contributed by atoms with Gasteiger partial charge in [0.1, 0.15) is 0 Å². The third-order valence-electron chi connectivity index (χ3n) is 3.87. The van der Waals surface area contributed by atoms with Crippen LogP contribution in [-0.2, 0) is 20.1 Å². The monoisotopic (exact) mass is 343 g/mol. The quantitative estimate of drug-likeness (QED) is 0.485. The van der Waals surface area contributed by atoms with Crippen LogP contribution < -0.4 is 16.6 Å². The molecule has 2 N–H and O–H groups in total. The van der Waals surface area contributed by atoms with Crippen LogP contribution in [0.1, 0.15) is 13.3 Å². The predicted octanol–water partition coefficient (Wildman–Crippen LogP) is 0.698. The van der Waals surface area contributed by atoms with Crippen molar-refractivity contribution in [1.82, 2.24) is 28.7 Å². The molecule has 3 aromatic heterocycles. The Kier molecular flexibility index (Phi) is 4.55. The lowest BCUT2D eigenvalue weighted by Gasteiger charge is -2.10. The fourth-order valence-electron chi connectivity index (χ4n) is 2.67. The van der Waals surface area contributed by atoms with E-state index < -0.39 is 11.2 Å². The van der Waals surface area contributed by atoms with Crippen molar-refractivity contribution in [2.45, 2.75) is 26.4 Å². The summed E-state index contributed by atoms with van der Waals surface area (Å²) >= 11 is 0. The van der Waals surface area contributed by atoms with Gasteiger partial charge < -0.3 is 14.5 Å². The number of fused-ring (bicyclic) bond motifs is 1. The van der Waals surface area contributed by atoms with Crippen LogP contribution in [0.4, 0.5) is 5.95 Å². The number of H-pyrrole nitrogens is 1. The molecular weight excluding hydrogens is 322 g/mol. The first-order valence-corrected chi connectivity index (χ1v) is 8.01. The molecule has 3 heterocycles. The number of rotatable bonds is 7. The number of hydrogen-bond acceptors (Lipinski definition) is 5. The van der Waals surface area contributed by atoms with Crippen LogP contribution >= 0.6 is 0 Å². The van der Waals surface area contributed by atoms with E-state index in [1.165, 1.54) is 4.57 Å². The average molecular weight is 343 g/mol. The summed E-state index contributed by atoms with van der Waals surface area (Å²) in [4.78, 5) is 34.8. The van der Waals surface area contributed by atoms with Crippen LogP contribution in [0, 0.1) is 0 Å². The summed E-state index contributed by atoms with van der Waals surface area (Å²) in [6.45, 7) is 7.73. The fraction of sp³-hybridized carbons (Fsp3) is 0.375. The number of nitrogens with one attached hydrogen (secondary N) is 2. The van der Waals surface area contributed by atoms with E-state index in [-0.39, 0.29) is 0 Å². The van der Waals surface area contributed by atoms with Crippen LogP contribution in [0.3, 0.4) is 0 Å². The van der Waals surface area contributed by atoms with E-state index in [0.29, 0.717) is 30.2 Å². The van der Waals surface area contributed by atoms with E-state index in [0.717, 1.165) is 18.5 Å². The van der Waals surface area contributed by atoms with Crippen molar-refractivity contribution >= 4 is 17.1 Å². The summed E-state index contributed by atoms with van der Waals surface area (Å²) in [7, 11) is 1.58. The first kappa shape index (κ1) is 16.7. The zero-order chi connectivity index (χ0) is 18.0. The van der Waals surface area contributed by atoms with Crippen LogP contribution in [0.15, 0.2) is 40.5 Å². The molecule has 0 spiro atoms. The Morgan fingerprint density at radius 2 is 2.20 bits per heavy atom. The molecule has 0 saturated heterocycles. The smallest absolute Gasteiger partial charge is 0.329 e. The van der Waals surface area contributed by atoms with Crippen molar-refractivity contribution in [3.05, 3.63) is 51.7 Å². The molecule has 0 atom stereocenters. The van der Waals surface area contributed by atoms with Gasteiger partial charge in [-0.2, -0.15) is 4.98 Å². The van der Waals surface area contributed by atoms with Gasteiger partial charge in [-0.3, -0.25) is 14.3 Å². The molecule has 0 unspecified atom stereocenters. The Balaban J connectivity index is 1.89. The van der Waals surface area contributed by atoms with Gasteiger partial charge in [-0.1, -0.05) is 12.2 Å². The summed E-state index contributed by atoms with van der Waals surface area (Å²) in [5, 5.41) is 3.25. The molecule has 0 aromatic carbocycles. The predicted molar refractivity (Wildman–Crippen MR) is 95.7 cm³/mol. The largest absolute Gasteiger partial charge is 0.356 e. The highest BCUT2D eigenvalue weighted by Crippen LogP contribution is 2.16. The number of anilines is 1. The minimum Gasteiger partial charge on any atom is -0.356 e. The Labute approximate surface area is 143 Å². The number of aromatic nitrogens is 6.